The molecule has 0 aliphatic heterocycles. The Balaban J connectivity index is 0.000000186. The molecule has 0 saturated carbocycles. The molecule has 2 aromatic heterocycles. The Labute approximate surface area is 145 Å². The molecule has 0 spiro atoms. The van der Waals surface area contributed by atoms with Crippen LogP contribution in [-0.2, 0) is 13.1 Å². The average molecular weight is 342 g/mol. The summed E-state index contributed by atoms with van der Waals surface area (Å²) in [7, 11) is 0. The molecule has 0 aliphatic carbocycles. The third-order valence-corrected chi connectivity index (χ3v) is 3.70. The standard InChI is InChI=1S/C10H11N3O.C7H11N3O/c1-2-13-6-12-8-5-7(10(11)14)3-4-9(8)13;1-3-10-6(7(8)11)4-5(2)9-10/h3-6H,2H2,1H3,(H2,11,14);4H,3H2,1-2H3,(H2,8,11). The molecule has 3 aromatic rings. The molecule has 132 valence electrons. The second-order valence-electron chi connectivity index (χ2n) is 5.45. The minimum absolute atomic E-state index is 0.419. The summed E-state index contributed by atoms with van der Waals surface area (Å²) < 4.78 is 3.61. The van der Waals surface area contributed by atoms with Gasteiger partial charge in [0.15, 0.2) is 0 Å². The summed E-state index contributed by atoms with van der Waals surface area (Å²) in [6.07, 6.45) is 1.76. The topological polar surface area (TPSA) is 122 Å². The number of fused-ring (bicyclic) bond motifs is 1. The minimum Gasteiger partial charge on any atom is -0.366 e. The molecule has 0 fully saturated rings. The van der Waals surface area contributed by atoms with Gasteiger partial charge in [0.2, 0.25) is 5.91 Å². The van der Waals surface area contributed by atoms with Crippen molar-refractivity contribution in [3.05, 3.63) is 47.5 Å². The van der Waals surface area contributed by atoms with Gasteiger partial charge in [-0.1, -0.05) is 0 Å². The quantitative estimate of drug-likeness (QED) is 0.745. The molecule has 2 amide bonds. The Hall–Kier alpha value is -3.16. The minimum atomic E-state index is -0.424. The molecular weight excluding hydrogens is 320 g/mol. The Bertz CT molecular complexity index is 909. The van der Waals surface area contributed by atoms with E-state index in [1.807, 2.05) is 31.4 Å². The number of carbonyl (C=O) groups excluding carboxylic acids is 2. The first-order valence-electron chi connectivity index (χ1n) is 7.96. The molecule has 25 heavy (non-hydrogen) atoms. The van der Waals surface area contributed by atoms with Crippen molar-refractivity contribution in [3.63, 3.8) is 0 Å². The SMILES string of the molecule is CCn1cnc2cc(C(N)=O)ccc21.CCn1nc(C)cc1C(N)=O. The van der Waals surface area contributed by atoms with E-state index in [0.29, 0.717) is 17.8 Å². The lowest BCUT2D eigenvalue weighted by atomic mass is 10.2. The van der Waals surface area contributed by atoms with Crippen LogP contribution in [0.2, 0.25) is 0 Å². The molecule has 0 unspecified atom stereocenters. The predicted octanol–water partition coefficient (Wildman–Crippen LogP) is 1.47. The van der Waals surface area contributed by atoms with Crippen molar-refractivity contribution < 1.29 is 9.59 Å². The average Bonchev–Trinajstić information content (AvgIpc) is 3.17. The van der Waals surface area contributed by atoms with E-state index in [0.717, 1.165) is 23.3 Å². The van der Waals surface area contributed by atoms with Gasteiger partial charge < -0.3 is 16.0 Å². The van der Waals surface area contributed by atoms with Gasteiger partial charge in [0.05, 0.1) is 23.1 Å². The molecule has 0 radical (unpaired) electrons. The zero-order valence-corrected chi connectivity index (χ0v) is 14.6. The van der Waals surface area contributed by atoms with Gasteiger partial charge in [-0.3, -0.25) is 14.3 Å². The highest BCUT2D eigenvalue weighted by Gasteiger charge is 2.08. The first-order valence-corrected chi connectivity index (χ1v) is 7.96. The highest BCUT2D eigenvalue weighted by atomic mass is 16.1. The fourth-order valence-corrected chi connectivity index (χ4v) is 2.45. The Morgan fingerprint density at radius 1 is 1.08 bits per heavy atom. The van der Waals surface area contributed by atoms with Crippen LogP contribution in [0.3, 0.4) is 0 Å². The number of benzene rings is 1. The van der Waals surface area contributed by atoms with Crippen LogP contribution in [0, 0.1) is 6.92 Å². The molecule has 0 atom stereocenters. The largest absolute Gasteiger partial charge is 0.366 e. The van der Waals surface area contributed by atoms with Crippen LogP contribution in [0.25, 0.3) is 11.0 Å². The van der Waals surface area contributed by atoms with Crippen molar-refractivity contribution in [3.8, 4) is 0 Å². The van der Waals surface area contributed by atoms with Crippen LogP contribution < -0.4 is 11.5 Å². The summed E-state index contributed by atoms with van der Waals surface area (Å²) >= 11 is 0. The van der Waals surface area contributed by atoms with Gasteiger partial charge in [0, 0.05) is 18.7 Å². The lowest BCUT2D eigenvalue weighted by molar-refractivity contribution is 0.0985. The number of nitrogens with zero attached hydrogens (tertiary/aromatic N) is 4. The highest BCUT2D eigenvalue weighted by molar-refractivity contribution is 5.96. The number of imidazole rings is 1. The van der Waals surface area contributed by atoms with E-state index in [9.17, 15) is 9.59 Å². The van der Waals surface area contributed by atoms with E-state index in [-0.39, 0.29) is 0 Å². The monoisotopic (exact) mass is 342 g/mol. The summed E-state index contributed by atoms with van der Waals surface area (Å²) in [4.78, 5) is 25.9. The number of primary amides is 2. The second-order valence-corrected chi connectivity index (χ2v) is 5.45. The molecule has 8 heteroatoms. The Kier molecular flexibility index (Phi) is 5.53. The molecule has 0 bridgehead atoms. The molecule has 3 rings (SSSR count). The maximum absolute atomic E-state index is 10.9. The van der Waals surface area contributed by atoms with E-state index in [2.05, 4.69) is 10.1 Å². The van der Waals surface area contributed by atoms with Crippen LogP contribution in [0.1, 0.15) is 40.4 Å². The first-order chi connectivity index (χ1) is 11.9. The third-order valence-electron chi connectivity index (χ3n) is 3.70. The lowest BCUT2D eigenvalue weighted by Crippen LogP contribution is -2.16. The number of aryl methyl sites for hydroxylation is 3. The highest BCUT2D eigenvalue weighted by Crippen LogP contribution is 2.14. The number of rotatable bonds is 4. The van der Waals surface area contributed by atoms with Crippen molar-refractivity contribution in [2.45, 2.75) is 33.9 Å². The normalized spacial score (nSPS) is 10.4. The van der Waals surface area contributed by atoms with Crippen LogP contribution in [-0.4, -0.2) is 31.1 Å². The summed E-state index contributed by atoms with van der Waals surface area (Å²) in [6, 6.07) is 6.99. The number of hydrogen-bond acceptors (Lipinski definition) is 4. The Morgan fingerprint density at radius 3 is 2.32 bits per heavy atom. The Morgan fingerprint density at radius 2 is 1.80 bits per heavy atom. The number of hydrogen-bond donors (Lipinski definition) is 2. The second kappa shape index (κ2) is 7.61. The number of nitrogens with two attached hydrogens (primary N) is 2. The molecule has 0 saturated heterocycles. The van der Waals surface area contributed by atoms with Crippen LogP contribution in [0.15, 0.2) is 30.6 Å². The first kappa shape index (κ1) is 18.2. The molecule has 2 heterocycles. The maximum atomic E-state index is 10.9. The van der Waals surface area contributed by atoms with Crippen LogP contribution in [0.5, 0.6) is 0 Å². The van der Waals surface area contributed by atoms with Crippen LogP contribution in [0.4, 0.5) is 0 Å². The van der Waals surface area contributed by atoms with Gasteiger partial charge in [-0.2, -0.15) is 5.10 Å². The van der Waals surface area contributed by atoms with Crippen molar-refractivity contribution in [1.82, 2.24) is 19.3 Å². The maximum Gasteiger partial charge on any atom is 0.266 e. The number of carbonyl (C=O) groups is 2. The third kappa shape index (κ3) is 4.03. The molecular formula is C17H22N6O2. The summed E-state index contributed by atoms with van der Waals surface area (Å²) in [6.45, 7) is 7.33. The summed E-state index contributed by atoms with van der Waals surface area (Å²) in [5, 5.41) is 4.07. The van der Waals surface area contributed by atoms with Crippen molar-refractivity contribution in [1.29, 1.82) is 0 Å². The fraction of sp³-hybridized carbons (Fsp3) is 0.294. The van der Waals surface area contributed by atoms with E-state index < -0.39 is 11.8 Å². The fourth-order valence-electron chi connectivity index (χ4n) is 2.45. The predicted molar refractivity (Wildman–Crippen MR) is 95.1 cm³/mol. The van der Waals surface area contributed by atoms with Gasteiger partial charge in [0.25, 0.3) is 5.91 Å². The van der Waals surface area contributed by atoms with Gasteiger partial charge in [0.1, 0.15) is 5.69 Å². The smallest absolute Gasteiger partial charge is 0.266 e. The van der Waals surface area contributed by atoms with E-state index in [4.69, 9.17) is 11.5 Å². The number of aromatic nitrogens is 4. The molecule has 0 aliphatic rings. The van der Waals surface area contributed by atoms with Gasteiger partial charge in [-0.25, -0.2) is 4.98 Å². The zero-order valence-electron chi connectivity index (χ0n) is 14.6. The van der Waals surface area contributed by atoms with E-state index in [1.54, 1.807) is 29.2 Å². The van der Waals surface area contributed by atoms with E-state index in [1.165, 1.54) is 0 Å². The number of amides is 2. The van der Waals surface area contributed by atoms with Gasteiger partial charge in [-0.05, 0) is 45.0 Å². The van der Waals surface area contributed by atoms with Gasteiger partial charge in [-0.15, -0.1) is 0 Å². The molecule has 4 N–H and O–H groups in total. The van der Waals surface area contributed by atoms with Crippen molar-refractivity contribution >= 4 is 22.8 Å². The van der Waals surface area contributed by atoms with E-state index >= 15 is 0 Å². The summed E-state index contributed by atoms with van der Waals surface area (Å²) in [5.74, 6) is -0.842. The van der Waals surface area contributed by atoms with Gasteiger partial charge >= 0.3 is 0 Å². The molecule has 8 nitrogen and oxygen atoms in total. The van der Waals surface area contributed by atoms with Crippen molar-refractivity contribution in [2.75, 3.05) is 0 Å². The molecule has 1 aromatic carbocycles. The zero-order chi connectivity index (χ0) is 18.6. The summed E-state index contributed by atoms with van der Waals surface area (Å²) in [5.41, 5.74) is 13.9. The van der Waals surface area contributed by atoms with Crippen molar-refractivity contribution in [2.24, 2.45) is 11.5 Å². The lowest BCUT2D eigenvalue weighted by Gasteiger charge is -1.99. The van der Waals surface area contributed by atoms with Crippen LogP contribution >= 0.6 is 0 Å².